The van der Waals surface area contributed by atoms with Crippen LogP contribution in [-0.2, 0) is 12.8 Å². The van der Waals surface area contributed by atoms with E-state index in [9.17, 15) is 9.90 Å². The van der Waals surface area contributed by atoms with Crippen LogP contribution in [0.1, 0.15) is 85.8 Å². The molecule has 0 saturated heterocycles. The summed E-state index contributed by atoms with van der Waals surface area (Å²) in [5, 5.41) is 10.8. The third-order valence-corrected chi connectivity index (χ3v) is 5.30. The van der Waals surface area contributed by atoms with E-state index in [1.807, 2.05) is 30.3 Å². The number of ketones is 1. The lowest BCUT2D eigenvalue weighted by molar-refractivity contribution is 0.0954. The summed E-state index contributed by atoms with van der Waals surface area (Å²) in [5.41, 5.74) is 10.2. The molecule has 2 aromatic carbocycles. The SMILES string of the molecule is CCCCCC(C(=O)c1ccccc1)c1cc(CC)c(CCC)c(O)c1N. The van der Waals surface area contributed by atoms with Gasteiger partial charge in [-0.15, -0.1) is 0 Å². The maximum absolute atomic E-state index is 13.3. The first kappa shape index (κ1) is 21.0. The van der Waals surface area contributed by atoms with Crippen LogP contribution in [0.25, 0.3) is 0 Å². The average molecular weight is 368 g/mol. The highest BCUT2D eigenvalue weighted by Crippen LogP contribution is 2.39. The minimum atomic E-state index is -0.314. The van der Waals surface area contributed by atoms with E-state index in [4.69, 9.17) is 5.73 Å². The van der Waals surface area contributed by atoms with E-state index >= 15 is 0 Å². The fourth-order valence-electron chi connectivity index (χ4n) is 3.77. The molecule has 0 aliphatic carbocycles. The Balaban J connectivity index is 2.51. The predicted octanol–water partition coefficient (Wildman–Crippen LogP) is 6.04. The monoisotopic (exact) mass is 367 g/mol. The number of nitrogens with two attached hydrogens (primary N) is 1. The summed E-state index contributed by atoms with van der Waals surface area (Å²) in [6, 6.07) is 11.5. The lowest BCUT2D eigenvalue weighted by atomic mass is 9.83. The molecule has 0 aromatic heterocycles. The van der Waals surface area contributed by atoms with E-state index in [1.54, 1.807) is 0 Å². The number of anilines is 1. The summed E-state index contributed by atoms with van der Waals surface area (Å²) in [6.07, 6.45) is 6.47. The molecular formula is C24H33NO2. The van der Waals surface area contributed by atoms with Crippen LogP contribution in [0, 0.1) is 0 Å². The summed E-state index contributed by atoms with van der Waals surface area (Å²) < 4.78 is 0. The summed E-state index contributed by atoms with van der Waals surface area (Å²) in [6.45, 7) is 6.33. The molecule has 1 atom stereocenters. The van der Waals surface area contributed by atoms with E-state index in [0.717, 1.165) is 61.6 Å². The highest BCUT2D eigenvalue weighted by molar-refractivity contribution is 6.02. The Hall–Kier alpha value is -2.29. The van der Waals surface area contributed by atoms with E-state index in [0.29, 0.717) is 11.3 Å². The Bertz CT molecular complexity index is 753. The molecule has 0 amide bonds. The van der Waals surface area contributed by atoms with E-state index in [-0.39, 0.29) is 17.5 Å². The largest absolute Gasteiger partial charge is 0.505 e. The van der Waals surface area contributed by atoms with Crippen LogP contribution in [-0.4, -0.2) is 10.9 Å². The van der Waals surface area contributed by atoms with Gasteiger partial charge in [0, 0.05) is 11.5 Å². The third-order valence-electron chi connectivity index (χ3n) is 5.30. The number of phenols is 1. The van der Waals surface area contributed by atoms with Crippen LogP contribution < -0.4 is 5.73 Å². The molecule has 2 rings (SSSR count). The number of carbonyl (C=O) groups excluding carboxylic acids is 1. The standard InChI is InChI=1S/C24H33NO2/c1-4-7-9-15-20(23(26)18-13-10-8-11-14-18)21-16-17(6-3)19(12-5-2)24(27)22(21)25/h8,10-11,13-14,16,20,27H,4-7,9,12,15,25H2,1-3H3. The van der Waals surface area contributed by atoms with Crippen molar-refractivity contribution >= 4 is 11.5 Å². The van der Waals surface area contributed by atoms with Crippen LogP contribution in [0.2, 0.25) is 0 Å². The molecule has 1 unspecified atom stereocenters. The van der Waals surface area contributed by atoms with Crippen molar-refractivity contribution in [3.05, 3.63) is 58.7 Å². The number of carbonyl (C=O) groups is 1. The van der Waals surface area contributed by atoms with Gasteiger partial charge in [-0.25, -0.2) is 0 Å². The number of rotatable bonds is 10. The number of aryl methyl sites for hydroxylation is 1. The molecule has 2 aromatic rings. The van der Waals surface area contributed by atoms with Crippen LogP contribution in [0.4, 0.5) is 5.69 Å². The summed E-state index contributed by atoms with van der Waals surface area (Å²) in [5.74, 6) is -0.0542. The van der Waals surface area contributed by atoms with Crippen molar-refractivity contribution < 1.29 is 9.90 Å². The van der Waals surface area contributed by atoms with E-state index < -0.39 is 0 Å². The van der Waals surface area contributed by atoms with Gasteiger partial charge >= 0.3 is 0 Å². The molecule has 146 valence electrons. The van der Waals surface area contributed by atoms with Gasteiger partial charge in [0.05, 0.1) is 5.69 Å². The molecule has 0 heterocycles. The van der Waals surface area contributed by atoms with Crippen molar-refractivity contribution in [3.63, 3.8) is 0 Å². The number of phenolic OH excluding ortho intramolecular Hbond substituents is 1. The molecule has 0 fully saturated rings. The zero-order valence-corrected chi connectivity index (χ0v) is 16.9. The molecular weight excluding hydrogens is 334 g/mol. The van der Waals surface area contributed by atoms with Crippen LogP contribution >= 0.6 is 0 Å². The first-order chi connectivity index (χ1) is 13.0. The average Bonchev–Trinajstić information content (AvgIpc) is 2.70. The van der Waals surface area contributed by atoms with Gasteiger partial charge in [-0.1, -0.05) is 82.9 Å². The summed E-state index contributed by atoms with van der Waals surface area (Å²) in [7, 11) is 0. The Labute approximate surface area is 163 Å². The highest BCUT2D eigenvalue weighted by atomic mass is 16.3. The first-order valence-corrected chi connectivity index (χ1v) is 10.3. The van der Waals surface area contributed by atoms with Gasteiger partial charge in [0.1, 0.15) is 5.75 Å². The summed E-state index contributed by atoms with van der Waals surface area (Å²) in [4.78, 5) is 13.3. The lowest BCUT2D eigenvalue weighted by Crippen LogP contribution is -2.16. The van der Waals surface area contributed by atoms with Gasteiger partial charge in [-0.3, -0.25) is 4.79 Å². The van der Waals surface area contributed by atoms with Crippen molar-refractivity contribution in [1.29, 1.82) is 0 Å². The number of unbranched alkanes of at least 4 members (excludes halogenated alkanes) is 2. The number of Topliss-reactive ketones (excluding diaryl/α,β-unsaturated/α-hetero) is 1. The predicted molar refractivity (Wildman–Crippen MR) is 114 cm³/mol. The lowest BCUT2D eigenvalue weighted by Gasteiger charge is -2.22. The Morgan fingerprint density at radius 2 is 1.78 bits per heavy atom. The maximum Gasteiger partial charge on any atom is 0.170 e. The number of aromatic hydroxyl groups is 1. The Morgan fingerprint density at radius 1 is 1.07 bits per heavy atom. The van der Waals surface area contributed by atoms with Crippen LogP contribution in [0.15, 0.2) is 36.4 Å². The van der Waals surface area contributed by atoms with Crippen molar-refractivity contribution in [2.75, 3.05) is 5.73 Å². The third kappa shape index (κ3) is 4.91. The maximum atomic E-state index is 13.3. The minimum absolute atomic E-state index is 0.0862. The Morgan fingerprint density at radius 3 is 2.37 bits per heavy atom. The van der Waals surface area contributed by atoms with E-state index in [2.05, 4.69) is 26.8 Å². The minimum Gasteiger partial charge on any atom is -0.505 e. The quantitative estimate of drug-likeness (QED) is 0.233. The van der Waals surface area contributed by atoms with Crippen molar-refractivity contribution in [3.8, 4) is 5.75 Å². The van der Waals surface area contributed by atoms with Gasteiger partial charge in [-0.2, -0.15) is 0 Å². The van der Waals surface area contributed by atoms with Gasteiger partial charge in [0.25, 0.3) is 0 Å². The molecule has 3 nitrogen and oxygen atoms in total. The fourth-order valence-corrected chi connectivity index (χ4v) is 3.77. The van der Waals surface area contributed by atoms with Gasteiger partial charge in [0.15, 0.2) is 5.78 Å². The number of hydrogen-bond donors (Lipinski definition) is 2. The van der Waals surface area contributed by atoms with E-state index in [1.165, 1.54) is 0 Å². The topological polar surface area (TPSA) is 63.3 Å². The smallest absolute Gasteiger partial charge is 0.170 e. The number of nitrogen functional groups attached to an aromatic ring is 1. The zero-order valence-electron chi connectivity index (χ0n) is 16.9. The fraction of sp³-hybridized carbons (Fsp3) is 0.458. The molecule has 3 heteroatoms. The van der Waals surface area contributed by atoms with Crippen LogP contribution in [0.5, 0.6) is 5.75 Å². The number of benzene rings is 2. The molecule has 0 spiro atoms. The molecule has 27 heavy (non-hydrogen) atoms. The second-order valence-electron chi connectivity index (χ2n) is 7.25. The highest BCUT2D eigenvalue weighted by Gasteiger charge is 2.26. The molecule has 0 bridgehead atoms. The van der Waals surface area contributed by atoms with Crippen LogP contribution in [0.3, 0.4) is 0 Å². The first-order valence-electron chi connectivity index (χ1n) is 10.3. The second kappa shape index (κ2) is 10.1. The zero-order chi connectivity index (χ0) is 19.8. The van der Waals surface area contributed by atoms with Crippen molar-refractivity contribution in [1.82, 2.24) is 0 Å². The normalized spacial score (nSPS) is 12.1. The van der Waals surface area contributed by atoms with Crippen molar-refractivity contribution in [2.45, 2.75) is 71.6 Å². The molecule has 0 radical (unpaired) electrons. The Kier molecular flexibility index (Phi) is 7.90. The van der Waals surface area contributed by atoms with Gasteiger partial charge in [0.2, 0.25) is 0 Å². The second-order valence-corrected chi connectivity index (χ2v) is 7.25. The number of hydrogen-bond acceptors (Lipinski definition) is 3. The molecule has 0 aliphatic heterocycles. The van der Waals surface area contributed by atoms with Gasteiger partial charge in [-0.05, 0) is 36.0 Å². The summed E-state index contributed by atoms with van der Waals surface area (Å²) >= 11 is 0. The molecule has 0 aliphatic rings. The van der Waals surface area contributed by atoms with Crippen molar-refractivity contribution in [2.24, 2.45) is 0 Å². The molecule has 0 saturated carbocycles. The van der Waals surface area contributed by atoms with Gasteiger partial charge < -0.3 is 10.8 Å². The molecule has 3 N–H and O–H groups in total.